The van der Waals surface area contributed by atoms with Gasteiger partial charge in [0.15, 0.2) is 0 Å². The lowest BCUT2D eigenvalue weighted by Crippen LogP contribution is -2.62. The summed E-state index contributed by atoms with van der Waals surface area (Å²) in [5, 5.41) is 6.48. The Labute approximate surface area is 97.2 Å². The fraction of sp³-hybridized carbons (Fsp3) is 0.900. The van der Waals surface area contributed by atoms with Crippen molar-refractivity contribution in [1.82, 2.24) is 15.5 Å². The second-order valence-corrected chi connectivity index (χ2v) is 4.46. The molecule has 5 heteroatoms. The Balaban J connectivity index is 0.00000112. The van der Waals surface area contributed by atoms with Gasteiger partial charge in [0.05, 0.1) is 5.92 Å². The number of nitrogens with zero attached hydrogens (tertiary/aromatic N) is 1. The lowest BCUT2D eigenvalue weighted by Gasteiger charge is -2.43. The highest BCUT2D eigenvalue weighted by molar-refractivity contribution is 5.85. The summed E-state index contributed by atoms with van der Waals surface area (Å²) in [6.07, 6.45) is 0. The summed E-state index contributed by atoms with van der Waals surface area (Å²) < 4.78 is 0. The molecule has 0 spiro atoms. The number of carbonyl (C=O) groups is 1. The molecule has 4 nitrogen and oxygen atoms in total. The van der Waals surface area contributed by atoms with Crippen LogP contribution in [0.5, 0.6) is 0 Å². The van der Waals surface area contributed by atoms with Crippen LogP contribution in [-0.2, 0) is 4.79 Å². The van der Waals surface area contributed by atoms with Crippen molar-refractivity contribution in [2.45, 2.75) is 25.9 Å². The first kappa shape index (κ1) is 12.7. The average molecular weight is 234 g/mol. The highest BCUT2D eigenvalue weighted by atomic mass is 35.5. The van der Waals surface area contributed by atoms with E-state index in [0.717, 1.165) is 26.2 Å². The summed E-state index contributed by atoms with van der Waals surface area (Å²) in [5.74, 6) is 0.572. The van der Waals surface area contributed by atoms with Gasteiger partial charge in [-0.05, 0) is 13.8 Å². The number of hydrogen-bond donors (Lipinski definition) is 2. The van der Waals surface area contributed by atoms with Crippen molar-refractivity contribution in [3.05, 3.63) is 0 Å². The number of rotatable bonds is 1. The molecule has 2 aliphatic rings. The van der Waals surface area contributed by atoms with Gasteiger partial charge in [-0.3, -0.25) is 4.79 Å². The maximum atomic E-state index is 12.1. The van der Waals surface area contributed by atoms with Crippen LogP contribution in [0.25, 0.3) is 0 Å². The summed E-state index contributed by atoms with van der Waals surface area (Å²) >= 11 is 0. The molecule has 2 saturated heterocycles. The molecule has 0 aliphatic carbocycles. The second-order valence-electron chi connectivity index (χ2n) is 4.46. The summed E-state index contributed by atoms with van der Waals surface area (Å²) in [4.78, 5) is 14.1. The molecule has 0 aromatic carbocycles. The highest BCUT2D eigenvalue weighted by Gasteiger charge is 2.35. The maximum absolute atomic E-state index is 12.1. The summed E-state index contributed by atoms with van der Waals surface area (Å²) in [6, 6.07) is 0.679. The van der Waals surface area contributed by atoms with Gasteiger partial charge in [-0.25, -0.2) is 0 Å². The van der Waals surface area contributed by atoms with Gasteiger partial charge in [-0.15, -0.1) is 12.4 Å². The largest absolute Gasteiger partial charge is 0.334 e. The third-order valence-corrected chi connectivity index (χ3v) is 3.21. The third-order valence-electron chi connectivity index (χ3n) is 3.21. The Kier molecular flexibility index (Phi) is 4.37. The van der Waals surface area contributed by atoms with E-state index < -0.39 is 0 Å². The molecule has 0 aromatic rings. The zero-order valence-corrected chi connectivity index (χ0v) is 10.1. The van der Waals surface area contributed by atoms with E-state index in [1.165, 1.54) is 0 Å². The van der Waals surface area contributed by atoms with Crippen molar-refractivity contribution in [1.29, 1.82) is 0 Å². The predicted octanol–water partition coefficient (Wildman–Crippen LogP) is -0.164. The standard InChI is InChI=1S/C10H19N3O.ClH/c1-7-3-11-4-8(2)13(7)10(14)9-5-12-6-9;/h7-9,11-12H,3-6H2,1-2H3;1H/t7-,8+;. The number of piperazine rings is 1. The van der Waals surface area contributed by atoms with Gasteiger partial charge in [-0.2, -0.15) is 0 Å². The predicted molar refractivity (Wildman–Crippen MR) is 62.2 cm³/mol. The SMILES string of the molecule is C[C@@H]1CNC[C@H](C)N1C(=O)C1CNC1.Cl. The van der Waals surface area contributed by atoms with Crippen LogP contribution >= 0.6 is 12.4 Å². The topological polar surface area (TPSA) is 44.4 Å². The summed E-state index contributed by atoms with van der Waals surface area (Å²) in [7, 11) is 0. The normalized spacial score (nSPS) is 31.7. The van der Waals surface area contributed by atoms with Crippen molar-refractivity contribution in [2.75, 3.05) is 26.2 Å². The molecule has 1 amide bonds. The van der Waals surface area contributed by atoms with Crippen molar-refractivity contribution < 1.29 is 4.79 Å². The maximum Gasteiger partial charge on any atom is 0.228 e. The first-order chi connectivity index (χ1) is 6.70. The zero-order valence-electron chi connectivity index (χ0n) is 9.32. The molecule has 0 radical (unpaired) electrons. The van der Waals surface area contributed by atoms with Crippen molar-refractivity contribution in [3.8, 4) is 0 Å². The number of halogens is 1. The van der Waals surface area contributed by atoms with Crippen LogP contribution in [0.3, 0.4) is 0 Å². The molecular weight excluding hydrogens is 214 g/mol. The van der Waals surface area contributed by atoms with Gasteiger partial charge >= 0.3 is 0 Å². The highest BCUT2D eigenvalue weighted by Crippen LogP contribution is 2.16. The minimum atomic E-state index is 0. The van der Waals surface area contributed by atoms with Gasteiger partial charge < -0.3 is 15.5 Å². The van der Waals surface area contributed by atoms with Crippen LogP contribution in [0.2, 0.25) is 0 Å². The quantitative estimate of drug-likeness (QED) is 0.662. The van der Waals surface area contributed by atoms with Crippen LogP contribution in [0.1, 0.15) is 13.8 Å². The zero-order chi connectivity index (χ0) is 10.1. The van der Waals surface area contributed by atoms with E-state index in [2.05, 4.69) is 29.4 Å². The van der Waals surface area contributed by atoms with Crippen LogP contribution in [0, 0.1) is 5.92 Å². The van der Waals surface area contributed by atoms with E-state index in [-0.39, 0.29) is 18.3 Å². The molecule has 0 unspecified atom stereocenters. The Hall–Kier alpha value is -0.320. The number of carbonyl (C=O) groups excluding carboxylic acids is 1. The molecule has 0 aromatic heterocycles. The lowest BCUT2D eigenvalue weighted by molar-refractivity contribution is -0.142. The number of amides is 1. The molecule has 2 N–H and O–H groups in total. The van der Waals surface area contributed by atoms with Gasteiger partial charge in [0.25, 0.3) is 0 Å². The van der Waals surface area contributed by atoms with E-state index in [0.29, 0.717) is 18.0 Å². The molecule has 0 saturated carbocycles. The second kappa shape index (κ2) is 5.14. The minimum Gasteiger partial charge on any atom is -0.334 e. The number of nitrogens with one attached hydrogen (secondary N) is 2. The molecule has 2 heterocycles. The third kappa shape index (κ3) is 2.44. The first-order valence-corrected chi connectivity index (χ1v) is 5.43. The fourth-order valence-electron chi connectivity index (χ4n) is 2.24. The average Bonchev–Trinajstić information content (AvgIpc) is 2.00. The number of hydrogen-bond acceptors (Lipinski definition) is 3. The van der Waals surface area contributed by atoms with Gasteiger partial charge in [0.1, 0.15) is 0 Å². The Morgan fingerprint density at radius 2 is 1.53 bits per heavy atom. The molecule has 2 rings (SSSR count). The van der Waals surface area contributed by atoms with E-state index in [4.69, 9.17) is 0 Å². The van der Waals surface area contributed by atoms with E-state index in [9.17, 15) is 4.79 Å². The lowest BCUT2D eigenvalue weighted by atomic mass is 9.98. The Morgan fingerprint density at radius 3 is 1.93 bits per heavy atom. The molecule has 15 heavy (non-hydrogen) atoms. The fourth-order valence-corrected chi connectivity index (χ4v) is 2.24. The van der Waals surface area contributed by atoms with Crippen molar-refractivity contribution in [2.24, 2.45) is 5.92 Å². The molecule has 2 fully saturated rings. The van der Waals surface area contributed by atoms with Crippen LogP contribution in [-0.4, -0.2) is 49.1 Å². The molecule has 2 aliphatic heterocycles. The van der Waals surface area contributed by atoms with Crippen LogP contribution < -0.4 is 10.6 Å². The van der Waals surface area contributed by atoms with E-state index >= 15 is 0 Å². The van der Waals surface area contributed by atoms with Crippen molar-refractivity contribution in [3.63, 3.8) is 0 Å². The Morgan fingerprint density at radius 1 is 1.07 bits per heavy atom. The first-order valence-electron chi connectivity index (χ1n) is 5.43. The molecule has 88 valence electrons. The minimum absolute atomic E-state index is 0. The summed E-state index contributed by atoms with van der Waals surface area (Å²) in [6.45, 7) is 7.82. The van der Waals surface area contributed by atoms with Crippen LogP contribution in [0.15, 0.2) is 0 Å². The van der Waals surface area contributed by atoms with Crippen molar-refractivity contribution >= 4 is 18.3 Å². The smallest absolute Gasteiger partial charge is 0.228 e. The van der Waals surface area contributed by atoms with Gasteiger partial charge in [0, 0.05) is 38.3 Å². The van der Waals surface area contributed by atoms with Crippen LogP contribution in [0.4, 0.5) is 0 Å². The summed E-state index contributed by atoms with van der Waals surface area (Å²) in [5.41, 5.74) is 0. The monoisotopic (exact) mass is 233 g/mol. The van der Waals surface area contributed by atoms with Gasteiger partial charge in [0.2, 0.25) is 5.91 Å². The van der Waals surface area contributed by atoms with E-state index in [1.807, 2.05) is 0 Å². The molecule has 0 bridgehead atoms. The Bertz CT molecular complexity index is 223. The van der Waals surface area contributed by atoms with E-state index in [1.54, 1.807) is 0 Å². The molecule has 2 atom stereocenters. The van der Waals surface area contributed by atoms with Gasteiger partial charge in [-0.1, -0.05) is 0 Å². The molecular formula is C10H20ClN3O.